The lowest BCUT2D eigenvalue weighted by Crippen LogP contribution is -2.40. The number of fused-ring (bicyclic) bond motifs is 4. The molecule has 7 rings (SSSR count). The van der Waals surface area contributed by atoms with Gasteiger partial charge >= 0.3 is 5.97 Å². The third-order valence-corrected chi connectivity index (χ3v) is 8.76. The third-order valence-electron chi connectivity index (χ3n) is 8.57. The van der Waals surface area contributed by atoms with Crippen LogP contribution in [0.5, 0.6) is 0 Å². The SMILES string of the molecule is C[C@H]1C2CCC(CC2)[C@@H]1Cc1nc(-c2c[nH]c3ncc(Cl)nc23)nc(N2CCC[C@H]2C(=O)O)c1F. The smallest absolute Gasteiger partial charge is 0.326 e. The van der Waals surface area contributed by atoms with Crippen molar-refractivity contribution in [2.75, 3.05) is 11.4 Å². The molecule has 3 aliphatic carbocycles. The molecule has 0 unspecified atom stereocenters. The van der Waals surface area contributed by atoms with Crippen molar-refractivity contribution in [1.82, 2.24) is 24.9 Å². The van der Waals surface area contributed by atoms with E-state index in [9.17, 15) is 9.90 Å². The van der Waals surface area contributed by atoms with Gasteiger partial charge in [0, 0.05) is 12.7 Å². The topological polar surface area (TPSA) is 108 Å². The quantitative estimate of drug-likeness (QED) is 0.516. The highest BCUT2D eigenvalue weighted by atomic mass is 35.5. The van der Waals surface area contributed by atoms with E-state index in [4.69, 9.17) is 16.6 Å². The fourth-order valence-electron chi connectivity index (χ4n) is 6.70. The van der Waals surface area contributed by atoms with Gasteiger partial charge in [0.25, 0.3) is 0 Å². The summed E-state index contributed by atoms with van der Waals surface area (Å²) in [7, 11) is 0. The summed E-state index contributed by atoms with van der Waals surface area (Å²) in [6.07, 6.45) is 9.70. The van der Waals surface area contributed by atoms with Crippen LogP contribution in [0.15, 0.2) is 12.4 Å². The van der Waals surface area contributed by atoms with E-state index in [1.54, 1.807) is 11.1 Å². The second-order valence-corrected chi connectivity index (χ2v) is 10.7. The van der Waals surface area contributed by atoms with Crippen LogP contribution >= 0.6 is 11.6 Å². The summed E-state index contributed by atoms with van der Waals surface area (Å²) in [6, 6.07) is -0.804. The predicted octanol–water partition coefficient (Wildman–Crippen LogP) is 4.88. The van der Waals surface area contributed by atoms with Gasteiger partial charge in [0.15, 0.2) is 23.1 Å². The van der Waals surface area contributed by atoms with Crippen molar-refractivity contribution in [3.63, 3.8) is 0 Å². The average molecular weight is 499 g/mol. The summed E-state index contributed by atoms with van der Waals surface area (Å²) in [6.45, 7) is 2.73. The van der Waals surface area contributed by atoms with Crippen LogP contribution < -0.4 is 4.90 Å². The number of rotatable bonds is 5. The van der Waals surface area contributed by atoms with Crippen molar-refractivity contribution in [3.05, 3.63) is 29.1 Å². The average Bonchev–Trinajstić information content (AvgIpc) is 3.50. The number of halogens is 2. The molecule has 184 valence electrons. The Morgan fingerprint density at radius 3 is 2.71 bits per heavy atom. The number of nitrogens with one attached hydrogen (secondary N) is 1. The van der Waals surface area contributed by atoms with Crippen molar-refractivity contribution < 1.29 is 14.3 Å². The molecular weight excluding hydrogens is 471 g/mol. The van der Waals surface area contributed by atoms with Crippen molar-refractivity contribution >= 4 is 34.6 Å². The van der Waals surface area contributed by atoms with Gasteiger partial charge in [-0.3, -0.25) is 0 Å². The predicted molar refractivity (Wildman–Crippen MR) is 130 cm³/mol. The Hall–Kier alpha value is -2.81. The maximum Gasteiger partial charge on any atom is 0.326 e. The van der Waals surface area contributed by atoms with Crippen LogP contribution in [-0.2, 0) is 11.2 Å². The zero-order valence-electron chi connectivity index (χ0n) is 19.5. The van der Waals surface area contributed by atoms with Crippen molar-refractivity contribution in [2.45, 2.75) is 57.9 Å². The van der Waals surface area contributed by atoms with Gasteiger partial charge in [0.05, 0.1) is 17.5 Å². The number of anilines is 1. The first kappa shape index (κ1) is 22.6. The summed E-state index contributed by atoms with van der Waals surface area (Å²) in [4.78, 5) is 34.5. The first-order valence-electron chi connectivity index (χ1n) is 12.5. The van der Waals surface area contributed by atoms with Gasteiger partial charge in [-0.1, -0.05) is 18.5 Å². The number of hydrogen-bond acceptors (Lipinski definition) is 6. The molecule has 3 aromatic heterocycles. The number of nitrogens with zero attached hydrogens (tertiary/aromatic N) is 5. The molecule has 2 N–H and O–H groups in total. The van der Waals surface area contributed by atoms with E-state index in [0.29, 0.717) is 77.7 Å². The normalized spacial score (nSPS) is 28.2. The van der Waals surface area contributed by atoms with Gasteiger partial charge in [-0.2, -0.15) is 0 Å². The molecule has 1 saturated heterocycles. The van der Waals surface area contributed by atoms with E-state index in [0.717, 1.165) is 0 Å². The standard InChI is InChI=1S/C25H28ClFN6O2/c1-12-13-4-6-14(7-5-13)15(12)9-17-20(27)24(33-8-2-3-18(33)25(34)35)32-22(30-17)16-10-28-23-21(16)31-19(26)11-29-23/h10-15,18H,2-9H2,1H3,(H,28,29)(H,34,35)/t12-,13?,14?,15+,18-/m0/s1. The maximum absolute atomic E-state index is 16.1. The number of hydrogen-bond donors (Lipinski definition) is 2. The number of aromatic nitrogens is 5. The van der Waals surface area contributed by atoms with Crippen LogP contribution in [0.2, 0.25) is 5.15 Å². The Kier molecular flexibility index (Phi) is 5.62. The van der Waals surface area contributed by atoms with E-state index in [1.807, 2.05) is 0 Å². The third kappa shape index (κ3) is 3.84. The molecule has 35 heavy (non-hydrogen) atoms. The molecule has 0 radical (unpaired) electrons. The number of aliphatic carboxylic acids is 1. The van der Waals surface area contributed by atoms with Gasteiger partial charge in [-0.25, -0.2) is 29.1 Å². The zero-order valence-corrected chi connectivity index (χ0v) is 20.3. The molecule has 3 atom stereocenters. The molecule has 0 amide bonds. The Labute approximate surface area is 207 Å². The Morgan fingerprint density at radius 2 is 1.97 bits per heavy atom. The second-order valence-electron chi connectivity index (χ2n) is 10.3. The van der Waals surface area contributed by atoms with E-state index >= 15 is 4.39 Å². The first-order chi connectivity index (χ1) is 16.9. The fourth-order valence-corrected chi connectivity index (χ4v) is 6.83. The lowest BCUT2D eigenvalue weighted by atomic mass is 9.58. The van der Waals surface area contributed by atoms with Crippen LogP contribution in [0.3, 0.4) is 0 Å². The number of carbonyl (C=O) groups is 1. The number of aromatic amines is 1. The number of carboxylic acids is 1. The highest BCUT2D eigenvalue weighted by Gasteiger charge is 2.42. The molecule has 3 aromatic rings. The van der Waals surface area contributed by atoms with Gasteiger partial charge < -0.3 is 15.0 Å². The lowest BCUT2D eigenvalue weighted by Gasteiger charge is -2.47. The molecule has 8 nitrogen and oxygen atoms in total. The second kappa shape index (κ2) is 8.69. The van der Waals surface area contributed by atoms with Crippen LogP contribution in [0.25, 0.3) is 22.6 Å². The van der Waals surface area contributed by atoms with Gasteiger partial charge in [-0.05, 0) is 68.6 Å². The summed E-state index contributed by atoms with van der Waals surface area (Å²) in [5, 5.41) is 9.99. The molecule has 3 saturated carbocycles. The van der Waals surface area contributed by atoms with Crippen LogP contribution in [0.1, 0.15) is 51.1 Å². The highest BCUT2D eigenvalue weighted by Crippen LogP contribution is 2.50. The number of carboxylic acid groups (broad SMARTS) is 1. The van der Waals surface area contributed by atoms with Crippen molar-refractivity contribution in [3.8, 4) is 11.4 Å². The molecule has 10 heteroatoms. The van der Waals surface area contributed by atoms with E-state index < -0.39 is 17.8 Å². The molecule has 4 aliphatic rings. The molecule has 0 spiro atoms. The Balaban J connectivity index is 1.47. The van der Waals surface area contributed by atoms with Crippen molar-refractivity contribution in [1.29, 1.82) is 0 Å². The molecule has 1 aliphatic heterocycles. The van der Waals surface area contributed by atoms with Crippen molar-refractivity contribution in [2.24, 2.45) is 23.7 Å². The van der Waals surface area contributed by atoms with Crippen LogP contribution in [-0.4, -0.2) is 48.6 Å². The molecular formula is C25H28ClFN6O2. The van der Waals surface area contributed by atoms with E-state index in [2.05, 4.69) is 26.9 Å². The summed E-state index contributed by atoms with van der Waals surface area (Å²) < 4.78 is 16.1. The van der Waals surface area contributed by atoms with E-state index in [1.165, 1.54) is 31.9 Å². The molecule has 2 bridgehead atoms. The summed E-state index contributed by atoms with van der Waals surface area (Å²) in [5.74, 6) is 1.05. The van der Waals surface area contributed by atoms with Crippen LogP contribution in [0.4, 0.5) is 10.2 Å². The highest BCUT2D eigenvalue weighted by molar-refractivity contribution is 6.29. The minimum atomic E-state index is -0.966. The monoisotopic (exact) mass is 498 g/mol. The fraction of sp³-hybridized carbons (Fsp3) is 0.560. The van der Waals surface area contributed by atoms with Gasteiger partial charge in [-0.15, -0.1) is 0 Å². The minimum Gasteiger partial charge on any atom is -0.480 e. The number of H-pyrrole nitrogens is 1. The lowest BCUT2D eigenvalue weighted by molar-refractivity contribution is -0.138. The molecule has 0 aromatic carbocycles. The van der Waals surface area contributed by atoms with Gasteiger partial charge in [0.2, 0.25) is 0 Å². The minimum absolute atomic E-state index is 0.0628. The maximum atomic E-state index is 16.1. The first-order valence-corrected chi connectivity index (χ1v) is 12.8. The summed E-state index contributed by atoms with van der Waals surface area (Å²) >= 11 is 6.10. The molecule has 4 fully saturated rings. The summed E-state index contributed by atoms with van der Waals surface area (Å²) in [5.41, 5.74) is 1.96. The molecule has 4 heterocycles. The largest absolute Gasteiger partial charge is 0.480 e. The zero-order chi connectivity index (χ0) is 24.3. The van der Waals surface area contributed by atoms with Crippen LogP contribution in [0, 0.1) is 29.5 Å². The Bertz CT molecular complexity index is 1290. The Morgan fingerprint density at radius 1 is 1.20 bits per heavy atom. The van der Waals surface area contributed by atoms with E-state index in [-0.39, 0.29) is 11.0 Å². The van der Waals surface area contributed by atoms with Gasteiger partial charge in [0.1, 0.15) is 16.7 Å².